The minimum atomic E-state index is -0.462. The van der Waals surface area contributed by atoms with Crippen LogP contribution in [0.15, 0.2) is 28.9 Å². The van der Waals surface area contributed by atoms with E-state index in [1.807, 2.05) is 7.05 Å². The third kappa shape index (κ3) is 3.62. The average molecular weight is 393 g/mol. The van der Waals surface area contributed by atoms with E-state index in [4.69, 9.17) is 10.5 Å². The normalized spacial score (nSPS) is 17.2. The Morgan fingerprint density at radius 3 is 3.00 bits per heavy atom. The fraction of sp³-hybridized carbons (Fsp3) is 0.412. The number of aryl methyl sites for hydroxylation is 1. The van der Waals surface area contributed by atoms with Crippen LogP contribution in [-0.2, 0) is 7.05 Å². The largest absolute Gasteiger partial charge is 0.493 e. The van der Waals surface area contributed by atoms with Crippen molar-refractivity contribution in [1.82, 2.24) is 15.1 Å². The van der Waals surface area contributed by atoms with Gasteiger partial charge < -0.3 is 15.8 Å². The molecule has 1 fully saturated rings. The van der Waals surface area contributed by atoms with Crippen molar-refractivity contribution in [3.63, 3.8) is 0 Å². The number of ether oxygens (including phenoxy) is 1. The molecule has 1 aliphatic rings. The number of benzene rings is 1. The lowest BCUT2D eigenvalue weighted by molar-refractivity contribution is 0.100. The van der Waals surface area contributed by atoms with Crippen LogP contribution in [0.2, 0.25) is 0 Å². The molecule has 7 heteroatoms. The first-order valence-corrected chi connectivity index (χ1v) is 8.83. The highest BCUT2D eigenvalue weighted by atomic mass is 79.9. The predicted molar refractivity (Wildman–Crippen MR) is 96.0 cm³/mol. The zero-order valence-corrected chi connectivity index (χ0v) is 15.2. The Morgan fingerprint density at radius 1 is 1.54 bits per heavy atom. The van der Waals surface area contributed by atoms with Crippen LogP contribution in [0.3, 0.4) is 0 Å². The summed E-state index contributed by atoms with van der Waals surface area (Å²) in [4.78, 5) is 11.5. The van der Waals surface area contributed by atoms with E-state index in [-0.39, 0.29) is 0 Å². The lowest BCUT2D eigenvalue weighted by Crippen LogP contribution is -2.23. The zero-order valence-electron chi connectivity index (χ0n) is 13.6. The second-order valence-corrected chi connectivity index (χ2v) is 6.82. The third-order valence-corrected chi connectivity index (χ3v) is 4.88. The molecule has 1 amide bonds. The molecule has 0 bridgehead atoms. The number of aromatic nitrogens is 2. The van der Waals surface area contributed by atoms with Crippen molar-refractivity contribution >= 4 is 21.8 Å². The smallest absolute Gasteiger partial charge is 0.248 e. The number of hydrogen-bond donors (Lipinski definition) is 2. The van der Waals surface area contributed by atoms with Crippen LogP contribution < -0.4 is 15.8 Å². The number of rotatable bonds is 6. The topological polar surface area (TPSA) is 82.2 Å². The van der Waals surface area contributed by atoms with Gasteiger partial charge in [0.15, 0.2) is 0 Å². The fourth-order valence-corrected chi connectivity index (χ4v) is 3.58. The van der Waals surface area contributed by atoms with Crippen molar-refractivity contribution in [3.8, 4) is 17.0 Å². The summed E-state index contributed by atoms with van der Waals surface area (Å²) in [6.07, 6.45) is 5.11. The lowest BCUT2D eigenvalue weighted by atomic mass is 10.1. The molecule has 128 valence electrons. The number of carbonyl (C=O) groups excluding carboxylic acids is 1. The first kappa shape index (κ1) is 17.0. The van der Waals surface area contributed by atoms with E-state index in [0.29, 0.717) is 18.2 Å². The molecule has 3 rings (SSSR count). The number of hydrogen-bond acceptors (Lipinski definition) is 4. The molecule has 2 heterocycles. The van der Waals surface area contributed by atoms with Crippen LogP contribution in [0.4, 0.5) is 0 Å². The zero-order chi connectivity index (χ0) is 17.1. The Hall–Kier alpha value is -1.86. The predicted octanol–water partition coefficient (Wildman–Crippen LogP) is 2.47. The maximum absolute atomic E-state index is 11.5. The van der Waals surface area contributed by atoms with Crippen LogP contribution >= 0.6 is 15.9 Å². The van der Waals surface area contributed by atoms with E-state index in [0.717, 1.165) is 34.4 Å². The molecule has 1 unspecified atom stereocenters. The Bertz CT molecular complexity index is 719. The molecule has 24 heavy (non-hydrogen) atoms. The fourth-order valence-electron chi connectivity index (χ4n) is 3.02. The van der Waals surface area contributed by atoms with Gasteiger partial charge in [-0.2, -0.15) is 5.10 Å². The summed E-state index contributed by atoms with van der Waals surface area (Å²) in [6, 6.07) is 5.78. The molecular weight excluding hydrogens is 372 g/mol. The summed E-state index contributed by atoms with van der Waals surface area (Å²) in [5.74, 6) is 0.263. The summed E-state index contributed by atoms with van der Waals surface area (Å²) in [6.45, 7) is 1.71. The van der Waals surface area contributed by atoms with Gasteiger partial charge in [-0.15, -0.1) is 0 Å². The Labute approximate surface area is 149 Å². The van der Waals surface area contributed by atoms with Gasteiger partial charge in [0, 0.05) is 24.2 Å². The van der Waals surface area contributed by atoms with E-state index in [9.17, 15) is 4.79 Å². The second kappa shape index (κ2) is 7.36. The number of nitrogens with one attached hydrogen (secondary N) is 1. The van der Waals surface area contributed by atoms with Gasteiger partial charge in [0.1, 0.15) is 5.75 Å². The summed E-state index contributed by atoms with van der Waals surface area (Å²) in [5.41, 5.74) is 7.53. The van der Waals surface area contributed by atoms with Crippen molar-refractivity contribution < 1.29 is 9.53 Å². The van der Waals surface area contributed by atoms with Crippen molar-refractivity contribution in [2.75, 3.05) is 13.2 Å². The SMILES string of the molecule is Cn1ncc(Br)c1-c1cc(C(N)=O)ccc1OCCC1CCCN1. The van der Waals surface area contributed by atoms with Crippen LogP contribution in [0.1, 0.15) is 29.6 Å². The highest BCUT2D eigenvalue weighted by Gasteiger charge is 2.18. The van der Waals surface area contributed by atoms with Crippen molar-refractivity contribution in [2.45, 2.75) is 25.3 Å². The van der Waals surface area contributed by atoms with Gasteiger partial charge in [0.25, 0.3) is 0 Å². The molecule has 0 spiro atoms. The van der Waals surface area contributed by atoms with Gasteiger partial charge in [0.05, 0.1) is 23.0 Å². The van der Waals surface area contributed by atoms with Crippen LogP contribution in [-0.4, -0.2) is 34.9 Å². The lowest BCUT2D eigenvalue weighted by Gasteiger charge is -2.15. The van der Waals surface area contributed by atoms with E-state index in [2.05, 4.69) is 26.3 Å². The molecule has 1 atom stereocenters. The highest BCUT2D eigenvalue weighted by Crippen LogP contribution is 2.35. The highest BCUT2D eigenvalue weighted by molar-refractivity contribution is 9.10. The van der Waals surface area contributed by atoms with Gasteiger partial charge in [-0.1, -0.05) is 0 Å². The Morgan fingerprint density at radius 2 is 2.38 bits per heavy atom. The van der Waals surface area contributed by atoms with Gasteiger partial charge in [-0.3, -0.25) is 9.48 Å². The number of nitrogens with two attached hydrogens (primary N) is 1. The second-order valence-electron chi connectivity index (χ2n) is 5.97. The quantitative estimate of drug-likeness (QED) is 0.790. The van der Waals surface area contributed by atoms with Crippen LogP contribution in [0.5, 0.6) is 5.75 Å². The summed E-state index contributed by atoms with van der Waals surface area (Å²) in [7, 11) is 1.85. The monoisotopic (exact) mass is 392 g/mol. The number of carbonyl (C=O) groups is 1. The van der Waals surface area contributed by atoms with Gasteiger partial charge in [-0.05, 0) is 59.9 Å². The van der Waals surface area contributed by atoms with Crippen LogP contribution in [0, 0.1) is 0 Å². The minimum Gasteiger partial charge on any atom is -0.493 e. The summed E-state index contributed by atoms with van der Waals surface area (Å²) >= 11 is 3.51. The van der Waals surface area contributed by atoms with Gasteiger partial charge >= 0.3 is 0 Å². The summed E-state index contributed by atoms with van der Waals surface area (Å²) in [5, 5.41) is 7.70. The molecule has 1 saturated heterocycles. The van der Waals surface area contributed by atoms with Crippen LogP contribution in [0.25, 0.3) is 11.3 Å². The summed E-state index contributed by atoms with van der Waals surface area (Å²) < 4.78 is 8.60. The average Bonchev–Trinajstić information content (AvgIpc) is 3.18. The molecular formula is C17H21BrN4O2. The third-order valence-electron chi connectivity index (χ3n) is 4.30. The Kier molecular flexibility index (Phi) is 5.20. The van der Waals surface area contributed by atoms with E-state index in [1.54, 1.807) is 29.1 Å². The molecule has 1 aromatic carbocycles. The van der Waals surface area contributed by atoms with E-state index < -0.39 is 5.91 Å². The van der Waals surface area contributed by atoms with Crippen molar-refractivity contribution in [3.05, 3.63) is 34.4 Å². The molecule has 0 aliphatic carbocycles. The number of primary amides is 1. The molecule has 1 aliphatic heterocycles. The number of halogens is 1. The minimum absolute atomic E-state index is 0.447. The molecule has 2 aromatic rings. The van der Waals surface area contributed by atoms with E-state index >= 15 is 0 Å². The van der Waals surface area contributed by atoms with Gasteiger partial charge in [0.2, 0.25) is 5.91 Å². The number of nitrogens with zero attached hydrogens (tertiary/aromatic N) is 2. The molecule has 6 nitrogen and oxygen atoms in total. The van der Waals surface area contributed by atoms with Crippen molar-refractivity contribution in [1.29, 1.82) is 0 Å². The molecule has 3 N–H and O–H groups in total. The first-order chi connectivity index (χ1) is 11.6. The molecule has 0 saturated carbocycles. The standard InChI is InChI=1S/C17H21BrN4O2/c1-22-16(14(18)10-21-22)13-9-11(17(19)23)4-5-15(13)24-8-6-12-3-2-7-20-12/h4-5,9-10,12,20H,2-3,6-8H2,1H3,(H2,19,23). The number of amides is 1. The maximum atomic E-state index is 11.5. The molecule has 0 radical (unpaired) electrons. The van der Waals surface area contributed by atoms with Gasteiger partial charge in [-0.25, -0.2) is 0 Å². The Balaban J connectivity index is 1.85. The van der Waals surface area contributed by atoms with Crippen molar-refractivity contribution in [2.24, 2.45) is 12.8 Å². The first-order valence-electron chi connectivity index (χ1n) is 8.04. The molecule has 1 aromatic heterocycles. The van der Waals surface area contributed by atoms with E-state index in [1.165, 1.54) is 12.8 Å². The maximum Gasteiger partial charge on any atom is 0.248 e.